The van der Waals surface area contributed by atoms with Crippen molar-refractivity contribution in [1.82, 2.24) is 0 Å². The number of Topliss-reactive ketones (excluding diaryl/α,β-unsaturated/α-hetero) is 1. The zero-order valence-corrected chi connectivity index (χ0v) is 8.14. The molecule has 0 unspecified atom stereocenters. The van der Waals surface area contributed by atoms with Gasteiger partial charge in [-0.05, 0) is 12.1 Å². The Hall–Kier alpha value is -1.29. The van der Waals surface area contributed by atoms with Gasteiger partial charge in [0.05, 0.1) is 13.0 Å². The maximum absolute atomic E-state index is 13.0. The molecular weight excluding hydrogens is 211 g/mol. The highest BCUT2D eigenvalue weighted by Crippen LogP contribution is 2.27. The van der Waals surface area contributed by atoms with E-state index in [0.29, 0.717) is 0 Å². The summed E-state index contributed by atoms with van der Waals surface area (Å²) >= 11 is 5.31. The standard InChI is InChI=1S/C9H8ClFO3/c1-14-8-3-5(7(13)4-10)2-6(12)9(8)11/h2-3,12H,4H2,1H3. The van der Waals surface area contributed by atoms with Crippen molar-refractivity contribution in [3.63, 3.8) is 0 Å². The molecule has 0 aliphatic heterocycles. The second-order valence-corrected chi connectivity index (χ2v) is 2.84. The van der Waals surface area contributed by atoms with E-state index in [4.69, 9.17) is 16.7 Å². The molecule has 0 atom stereocenters. The van der Waals surface area contributed by atoms with Crippen molar-refractivity contribution in [2.75, 3.05) is 13.0 Å². The molecule has 3 nitrogen and oxygen atoms in total. The number of ketones is 1. The zero-order chi connectivity index (χ0) is 10.7. The fourth-order valence-corrected chi connectivity index (χ4v) is 1.12. The first-order chi connectivity index (χ1) is 6.60. The highest BCUT2D eigenvalue weighted by Gasteiger charge is 2.14. The van der Waals surface area contributed by atoms with Gasteiger partial charge < -0.3 is 9.84 Å². The monoisotopic (exact) mass is 218 g/mol. The van der Waals surface area contributed by atoms with Crippen molar-refractivity contribution in [3.05, 3.63) is 23.5 Å². The lowest BCUT2D eigenvalue weighted by Gasteiger charge is -2.05. The number of carbonyl (C=O) groups is 1. The van der Waals surface area contributed by atoms with Crippen LogP contribution < -0.4 is 4.74 Å². The average molecular weight is 219 g/mol. The van der Waals surface area contributed by atoms with Crippen LogP contribution in [0.4, 0.5) is 4.39 Å². The van der Waals surface area contributed by atoms with Crippen molar-refractivity contribution >= 4 is 17.4 Å². The first-order valence-corrected chi connectivity index (χ1v) is 4.29. The van der Waals surface area contributed by atoms with E-state index in [2.05, 4.69) is 4.74 Å². The van der Waals surface area contributed by atoms with E-state index in [9.17, 15) is 9.18 Å². The summed E-state index contributed by atoms with van der Waals surface area (Å²) in [7, 11) is 1.24. The Morgan fingerprint density at radius 3 is 2.79 bits per heavy atom. The number of carbonyl (C=O) groups excluding carboxylic acids is 1. The van der Waals surface area contributed by atoms with Crippen LogP contribution in [0.15, 0.2) is 12.1 Å². The molecule has 5 heteroatoms. The largest absolute Gasteiger partial charge is 0.505 e. The summed E-state index contributed by atoms with van der Waals surface area (Å²) in [6.07, 6.45) is 0. The number of phenolic OH excluding ortho intramolecular Hbond substituents is 1. The number of ether oxygens (including phenoxy) is 1. The topological polar surface area (TPSA) is 46.5 Å². The van der Waals surface area contributed by atoms with Gasteiger partial charge in [-0.25, -0.2) is 0 Å². The third kappa shape index (κ3) is 1.96. The molecule has 1 aromatic rings. The molecule has 76 valence electrons. The molecule has 14 heavy (non-hydrogen) atoms. The van der Waals surface area contributed by atoms with Crippen LogP contribution in [-0.2, 0) is 0 Å². The van der Waals surface area contributed by atoms with Gasteiger partial charge in [0.2, 0.25) is 5.82 Å². The van der Waals surface area contributed by atoms with Crippen molar-refractivity contribution in [3.8, 4) is 11.5 Å². The molecule has 0 saturated carbocycles. The van der Waals surface area contributed by atoms with Crippen molar-refractivity contribution in [2.24, 2.45) is 0 Å². The highest BCUT2D eigenvalue weighted by atomic mass is 35.5. The number of hydrogen-bond acceptors (Lipinski definition) is 3. The molecule has 0 aromatic heterocycles. The smallest absolute Gasteiger partial charge is 0.206 e. The van der Waals surface area contributed by atoms with E-state index < -0.39 is 17.3 Å². The lowest BCUT2D eigenvalue weighted by Crippen LogP contribution is -2.01. The van der Waals surface area contributed by atoms with Crippen LogP contribution in [0.5, 0.6) is 11.5 Å². The third-order valence-electron chi connectivity index (χ3n) is 1.68. The normalized spacial score (nSPS) is 9.93. The molecule has 0 fully saturated rings. The van der Waals surface area contributed by atoms with Gasteiger partial charge >= 0.3 is 0 Å². The average Bonchev–Trinajstić information content (AvgIpc) is 2.20. The van der Waals surface area contributed by atoms with Crippen LogP contribution >= 0.6 is 11.6 Å². The number of phenols is 1. The summed E-state index contributed by atoms with van der Waals surface area (Å²) in [5, 5.41) is 9.11. The van der Waals surface area contributed by atoms with E-state index in [1.165, 1.54) is 13.2 Å². The van der Waals surface area contributed by atoms with E-state index in [0.717, 1.165) is 6.07 Å². The molecule has 0 bridgehead atoms. The maximum Gasteiger partial charge on any atom is 0.206 e. The molecule has 0 aliphatic carbocycles. The lowest BCUT2D eigenvalue weighted by molar-refractivity contribution is 0.102. The van der Waals surface area contributed by atoms with Gasteiger partial charge in [-0.1, -0.05) is 0 Å². The van der Waals surface area contributed by atoms with Crippen LogP contribution in [0.3, 0.4) is 0 Å². The molecular formula is C9H8ClFO3. The predicted molar refractivity (Wildman–Crippen MR) is 49.7 cm³/mol. The third-order valence-corrected chi connectivity index (χ3v) is 1.93. The minimum Gasteiger partial charge on any atom is -0.505 e. The summed E-state index contributed by atoms with van der Waals surface area (Å²) in [4.78, 5) is 11.1. The number of hydrogen-bond donors (Lipinski definition) is 1. The van der Waals surface area contributed by atoms with Gasteiger partial charge in [-0.3, -0.25) is 4.79 Å². The van der Waals surface area contributed by atoms with Crippen molar-refractivity contribution < 1.29 is 19.0 Å². The van der Waals surface area contributed by atoms with Crippen LogP contribution in [0.1, 0.15) is 10.4 Å². The molecule has 1 aromatic carbocycles. The van der Waals surface area contributed by atoms with Crippen LogP contribution in [0, 0.1) is 5.82 Å². The molecule has 1 rings (SSSR count). The Balaban J connectivity index is 3.22. The molecule has 0 spiro atoms. The minimum atomic E-state index is -0.890. The van der Waals surface area contributed by atoms with Gasteiger partial charge in [-0.15, -0.1) is 11.6 Å². The number of alkyl halides is 1. The zero-order valence-electron chi connectivity index (χ0n) is 7.38. The van der Waals surface area contributed by atoms with Crippen LogP contribution in [0.25, 0.3) is 0 Å². The number of aromatic hydroxyl groups is 1. The second-order valence-electron chi connectivity index (χ2n) is 2.57. The lowest BCUT2D eigenvalue weighted by atomic mass is 10.1. The second kappa shape index (κ2) is 4.28. The van der Waals surface area contributed by atoms with Crippen LogP contribution in [0.2, 0.25) is 0 Å². The van der Waals surface area contributed by atoms with Crippen molar-refractivity contribution in [1.29, 1.82) is 0 Å². The Morgan fingerprint density at radius 1 is 1.64 bits per heavy atom. The molecule has 0 aliphatic rings. The van der Waals surface area contributed by atoms with E-state index in [-0.39, 0.29) is 17.2 Å². The fraction of sp³-hybridized carbons (Fsp3) is 0.222. The molecule has 0 radical (unpaired) electrons. The summed E-state index contributed by atoms with van der Waals surface area (Å²) in [5.74, 6) is -2.33. The number of methoxy groups -OCH3 is 1. The Kier molecular flexibility index (Phi) is 3.30. The van der Waals surface area contributed by atoms with Gasteiger partial charge in [0.25, 0.3) is 0 Å². The Morgan fingerprint density at radius 2 is 2.29 bits per heavy atom. The predicted octanol–water partition coefficient (Wildman–Crippen LogP) is 1.96. The molecule has 0 saturated heterocycles. The summed E-state index contributed by atoms with van der Waals surface area (Å²) in [5.41, 5.74) is 0.121. The number of halogens is 2. The number of rotatable bonds is 3. The summed E-state index contributed by atoms with van der Waals surface area (Å²) in [6.45, 7) is 0. The highest BCUT2D eigenvalue weighted by molar-refractivity contribution is 6.30. The quantitative estimate of drug-likeness (QED) is 0.623. The van der Waals surface area contributed by atoms with Gasteiger partial charge in [0.1, 0.15) is 0 Å². The van der Waals surface area contributed by atoms with E-state index in [1.807, 2.05) is 0 Å². The first kappa shape index (κ1) is 10.8. The number of benzene rings is 1. The summed E-state index contributed by atoms with van der Waals surface area (Å²) < 4.78 is 17.7. The Labute approximate surface area is 85.1 Å². The minimum absolute atomic E-state index is 0.121. The fourth-order valence-electron chi connectivity index (χ4n) is 0.970. The Bertz CT molecular complexity index is 365. The van der Waals surface area contributed by atoms with Gasteiger partial charge in [0.15, 0.2) is 17.3 Å². The van der Waals surface area contributed by atoms with Crippen molar-refractivity contribution in [2.45, 2.75) is 0 Å². The molecule has 0 heterocycles. The van der Waals surface area contributed by atoms with E-state index >= 15 is 0 Å². The SMILES string of the molecule is COc1cc(C(=O)CCl)cc(O)c1F. The molecule has 1 N–H and O–H groups in total. The van der Waals surface area contributed by atoms with E-state index in [1.54, 1.807) is 0 Å². The van der Waals surface area contributed by atoms with Gasteiger partial charge in [0, 0.05) is 5.56 Å². The summed E-state index contributed by atoms with van der Waals surface area (Å²) in [6, 6.07) is 2.21. The van der Waals surface area contributed by atoms with Gasteiger partial charge in [-0.2, -0.15) is 4.39 Å². The maximum atomic E-state index is 13.0. The van der Waals surface area contributed by atoms with Crippen LogP contribution in [-0.4, -0.2) is 23.9 Å². The molecule has 0 amide bonds. The first-order valence-electron chi connectivity index (χ1n) is 3.75.